The third-order valence-electron chi connectivity index (χ3n) is 2.43. The number of rotatable bonds is 6. The number of hydrogen-bond acceptors (Lipinski definition) is 9. The molecule has 0 bridgehead atoms. The van der Waals surface area contributed by atoms with Gasteiger partial charge in [0.2, 0.25) is 0 Å². The van der Waals surface area contributed by atoms with Gasteiger partial charge in [0.1, 0.15) is 11.5 Å². The van der Waals surface area contributed by atoms with Gasteiger partial charge < -0.3 is 9.05 Å². The molecule has 0 aliphatic carbocycles. The Balaban J connectivity index is 1.51. The van der Waals surface area contributed by atoms with E-state index in [-0.39, 0.29) is 0 Å². The highest BCUT2D eigenvalue weighted by atomic mass is 32.2. The van der Waals surface area contributed by atoms with E-state index in [1.807, 2.05) is 26.0 Å². The van der Waals surface area contributed by atoms with E-state index in [4.69, 9.17) is 9.05 Å². The Bertz CT molecular complexity index is 663. The minimum atomic E-state index is 0.735. The van der Waals surface area contributed by atoms with Crippen LogP contribution in [-0.4, -0.2) is 20.5 Å². The number of aryl methyl sites for hydroxylation is 2. The Morgan fingerprint density at radius 1 is 0.905 bits per heavy atom. The summed E-state index contributed by atoms with van der Waals surface area (Å²) in [4.78, 5) is 0. The van der Waals surface area contributed by atoms with E-state index in [0.29, 0.717) is 0 Å². The highest BCUT2D eigenvalue weighted by molar-refractivity contribution is 8.02. The second-order valence-electron chi connectivity index (χ2n) is 4.27. The van der Waals surface area contributed by atoms with E-state index >= 15 is 0 Å². The molecule has 6 nitrogen and oxygen atoms in total. The summed E-state index contributed by atoms with van der Waals surface area (Å²) in [5.41, 5.74) is 1.83. The Morgan fingerprint density at radius 2 is 1.38 bits per heavy atom. The van der Waals surface area contributed by atoms with Crippen molar-refractivity contribution in [1.82, 2.24) is 20.5 Å². The van der Waals surface area contributed by atoms with Crippen LogP contribution in [0.4, 0.5) is 0 Å². The number of hydrogen-bond donors (Lipinski definition) is 0. The lowest BCUT2D eigenvalue weighted by Gasteiger charge is -1.91. The highest BCUT2D eigenvalue weighted by Crippen LogP contribution is 2.31. The Hall–Kier alpha value is -1.32. The van der Waals surface area contributed by atoms with Crippen LogP contribution in [0.25, 0.3) is 0 Å². The molecule has 0 aromatic carbocycles. The van der Waals surface area contributed by atoms with Gasteiger partial charge in [-0.2, -0.15) is 0 Å². The molecule has 0 radical (unpaired) electrons. The van der Waals surface area contributed by atoms with Gasteiger partial charge in [0.25, 0.3) is 0 Å². The van der Waals surface area contributed by atoms with Crippen molar-refractivity contribution in [3.05, 3.63) is 35.0 Å². The molecule has 0 saturated carbocycles. The van der Waals surface area contributed by atoms with Gasteiger partial charge >= 0.3 is 0 Å². The van der Waals surface area contributed by atoms with Crippen molar-refractivity contribution >= 4 is 34.9 Å². The standard InChI is InChI=1S/C12H12N4O2S3/c1-7-3-9(15-17-7)5-19-11-13-14-12(21-11)20-6-10-4-8(2)18-16-10/h3-4H,5-6H2,1-2H3. The van der Waals surface area contributed by atoms with Gasteiger partial charge in [-0.25, -0.2) is 0 Å². The summed E-state index contributed by atoms with van der Waals surface area (Å²) in [7, 11) is 0. The van der Waals surface area contributed by atoms with E-state index in [1.165, 1.54) is 0 Å². The molecule has 0 N–H and O–H groups in total. The number of thioether (sulfide) groups is 2. The Labute approximate surface area is 133 Å². The molecule has 9 heteroatoms. The zero-order valence-electron chi connectivity index (χ0n) is 11.4. The first-order valence-electron chi connectivity index (χ1n) is 6.12. The summed E-state index contributed by atoms with van der Waals surface area (Å²) in [6.45, 7) is 3.76. The van der Waals surface area contributed by atoms with Gasteiger partial charge in [-0.3, -0.25) is 0 Å². The molecular weight excluding hydrogens is 328 g/mol. The fourth-order valence-corrected chi connectivity index (χ4v) is 4.34. The SMILES string of the molecule is Cc1cc(CSc2nnc(SCc3cc(C)on3)s2)no1. The van der Waals surface area contributed by atoms with Crippen LogP contribution in [0.3, 0.4) is 0 Å². The molecule has 0 aliphatic rings. The van der Waals surface area contributed by atoms with Crippen LogP contribution in [0.1, 0.15) is 22.9 Å². The molecule has 0 saturated heterocycles. The second kappa shape index (κ2) is 6.63. The fraction of sp³-hybridized carbons (Fsp3) is 0.333. The topological polar surface area (TPSA) is 77.8 Å². The molecule has 3 heterocycles. The Kier molecular flexibility index (Phi) is 4.61. The summed E-state index contributed by atoms with van der Waals surface area (Å²) >= 11 is 4.79. The van der Waals surface area contributed by atoms with Gasteiger partial charge in [-0.15, -0.1) is 10.2 Å². The molecule has 3 rings (SSSR count). The van der Waals surface area contributed by atoms with E-state index in [2.05, 4.69) is 20.5 Å². The van der Waals surface area contributed by atoms with Crippen LogP contribution in [0.5, 0.6) is 0 Å². The third kappa shape index (κ3) is 4.08. The van der Waals surface area contributed by atoms with E-state index in [1.54, 1.807) is 34.9 Å². The summed E-state index contributed by atoms with van der Waals surface area (Å²) in [6, 6.07) is 3.85. The van der Waals surface area contributed by atoms with E-state index in [9.17, 15) is 0 Å². The quantitative estimate of drug-likeness (QED) is 0.628. The van der Waals surface area contributed by atoms with E-state index in [0.717, 1.165) is 43.1 Å². The molecule has 0 atom stereocenters. The van der Waals surface area contributed by atoms with Crippen LogP contribution >= 0.6 is 34.9 Å². The van der Waals surface area contributed by atoms with E-state index < -0.39 is 0 Å². The first-order chi connectivity index (χ1) is 10.2. The average Bonchev–Trinajstić information content (AvgIpc) is 3.16. The molecule has 0 amide bonds. The normalized spacial score (nSPS) is 11.1. The summed E-state index contributed by atoms with van der Waals surface area (Å²) < 4.78 is 11.9. The summed E-state index contributed by atoms with van der Waals surface area (Å²) in [5.74, 6) is 3.11. The summed E-state index contributed by atoms with van der Waals surface area (Å²) in [6.07, 6.45) is 0. The van der Waals surface area contributed by atoms with Crippen molar-refractivity contribution in [2.75, 3.05) is 0 Å². The molecule has 0 spiro atoms. The largest absolute Gasteiger partial charge is 0.361 e. The maximum absolute atomic E-state index is 5.03. The third-order valence-corrected chi connectivity index (χ3v) is 5.69. The van der Waals surface area contributed by atoms with Gasteiger partial charge in [0.05, 0.1) is 11.4 Å². The van der Waals surface area contributed by atoms with Crippen molar-refractivity contribution in [1.29, 1.82) is 0 Å². The lowest BCUT2D eigenvalue weighted by molar-refractivity contribution is 0.392. The van der Waals surface area contributed by atoms with Crippen molar-refractivity contribution < 1.29 is 9.05 Å². The summed E-state index contributed by atoms with van der Waals surface area (Å²) in [5, 5.41) is 16.2. The van der Waals surface area contributed by atoms with Crippen molar-refractivity contribution in [2.45, 2.75) is 34.0 Å². The van der Waals surface area contributed by atoms with Gasteiger partial charge in [-0.1, -0.05) is 45.2 Å². The maximum atomic E-state index is 5.03. The van der Waals surface area contributed by atoms with Crippen LogP contribution in [0.15, 0.2) is 29.9 Å². The lowest BCUT2D eigenvalue weighted by atomic mass is 10.4. The number of nitrogens with zero attached hydrogens (tertiary/aromatic N) is 4. The Morgan fingerprint density at radius 3 is 1.76 bits per heavy atom. The lowest BCUT2D eigenvalue weighted by Crippen LogP contribution is -1.79. The minimum Gasteiger partial charge on any atom is -0.361 e. The highest BCUT2D eigenvalue weighted by Gasteiger charge is 2.09. The predicted octanol–water partition coefficient (Wildman–Crippen LogP) is 3.72. The second-order valence-corrected chi connectivity index (χ2v) is 7.69. The average molecular weight is 340 g/mol. The molecule has 0 aliphatic heterocycles. The van der Waals surface area contributed by atoms with Gasteiger partial charge in [0, 0.05) is 23.6 Å². The molecule has 0 unspecified atom stereocenters. The van der Waals surface area contributed by atoms with Crippen molar-refractivity contribution in [3.8, 4) is 0 Å². The molecule has 3 aromatic rings. The zero-order chi connectivity index (χ0) is 14.7. The molecule has 0 fully saturated rings. The van der Waals surface area contributed by atoms with Crippen LogP contribution in [0.2, 0.25) is 0 Å². The first-order valence-corrected chi connectivity index (χ1v) is 8.91. The molecule has 21 heavy (non-hydrogen) atoms. The molecule has 3 aromatic heterocycles. The van der Waals surface area contributed by atoms with Crippen LogP contribution in [-0.2, 0) is 11.5 Å². The van der Waals surface area contributed by atoms with Crippen LogP contribution in [0, 0.1) is 13.8 Å². The maximum Gasteiger partial charge on any atom is 0.175 e. The van der Waals surface area contributed by atoms with Gasteiger partial charge in [0.15, 0.2) is 8.68 Å². The first kappa shape index (κ1) is 14.6. The van der Waals surface area contributed by atoms with Crippen LogP contribution < -0.4 is 0 Å². The monoisotopic (exact) mass is 340 g/mol. The fourth-order valence-electron chi connectivity index (χ4n) is 1.56. The smallest absolute Gasteiger partial charge is 0.175 e. The molecular formula is C12H12N4O2S3. The predicted molar refractivity (Wildman–Crippen MR) is 81.5 cm³/mol. The number of aromatic nitrogens is 4. The zero-order valence-corrected chi connectivity index (χ0v) is 13.8. The minimum absolute atomic E-state index is 0.735. The van der Waals surface area contributed by atoms with Crippen molar-refractivity contribution in [3.63, 3.8) is 0 Å². The van der Waals surface area contributed by atoms with Crippen molar-refractivity contribution in [2.24, 2.45) is 0 Å². The van der Waals surface area contributed by atoms with Gasteiger partial charge in [-0.05, 0) is 13.8 Å². The molecule has 110 valence electrons.